The monoisotopic (exact) mass is 490 g/mol. The Morgan fingerprint density at radius 2 is 1.80 bits per heavy atom. The third-order valence-electron chi connectivity index (χ3n) is 4.89. The number of hydrogen-bond donors (Lipinski definition) is 1. The highest BCUT2D eigenvalue weighted by Crippen LogP contribution is 2.33. The summed E-state index contributed by atoms with van der Waals surface area (Å²) in [5.74, 6) is 0.518. The van der Waals surface area contributed by atoms with Crippen LogP contribution in [0.5, 0.6) is 5.75 Å². The third kappa shape index (κ3) is 6.02. The number of hydrogen-bond acceptors (Lipinski definition) is 5. The van der Waals surface area contributed by atoms with Crippen molar-refractivity contribution in [2.45, 2.75) is 19.0 Å². The van der Waals surface area contributed by atoms with Gasteiger partial charge in [0.15, 0.2) is 9.84 Å². The lowest BCUT2D eigenvalue weighted by Gasteiger charge is -2.27. The maximum atomic E-state index is 12.7. The molecule has 1 aliphatic rings. The number of nitrogens with zero attached hydrogens (tertiary/aromatic N) is 1. The van der Waals surface area contributed by atoms with Crippen molar-refractivity contribution in [2.24, 2.45) is 0 Å². The summed E-state index contributed by atoms with van der Waals surface area (Å²) >= 11 is 18.2. The van der Waals surface area contributed by atoms with Crippen LogP contribution in [0.1, 0.15) is 12.0 Å². The molecule has 6 nitrogen and oxygen atoms in total. The molecule has 2 aromatic rings. The SMILES string of the molecule is COc1ccc(CN(CC(=O)Nc2c(Cl)cc(Cl)cc2Cl)C2CCS(=O)(=O)C2)cc1. The lowest BCUT2D eigenvalue weighted by atomic mass is 10.1. The van der Waals surface area contributed by atoms with E-state index in [0.29, 0.717) is 18.0 Å². The maximum Gasteiger partial charge on any atom is 0.238 e. The van der Waals surface area contributed by atoms with Crippen LogP contribution in [0.2, 0.25) is 15.1 Å². The molecule has 1 unspecified atom stereocenters. The normalized spacial score (nSPS) is 17.8. The van der Waals surface area contributed by atoms with Crippen molar-refractivity contribution in [2.75, 3.05) is 30.5 Å². The van der Waals surface area contributed by atoms with Gasteiger partial charge in [-0.1, -0.05) is 46.9 Å². The average Bonchev–Trinajstić information content (AvgIpc) is 3.04. The van der Waals surface area contributed by atoms with Gasteiger partial charge >= 0.3 is 0 Å². The quantitative estimate of drug-likeness (QED) is 0.625. The van der Waals surface area contributed by atoms with Gasteiger partial charge in [-0.25, -0.2) is 8.42 Å². The molecule has 0 bridgehead atoms. The molecule has 1 heterocycles. The largest absolute Gasteiger partial charge is 0.497 e. The molecule has 162 valence electrons. The van der Waals surface area contributed by atoms with E-state index in [1.807, 2.05) is 29.2 Å². The number of carbonyl (C=O) groups excluding carboxylic acids is 1. The Balaban J connectivity index is 1.77. The molecular formula is C20H21Cl3N2O4S. The van der Waals surface area contributed by atoms with Gasteiger partial charge in [-0.3, -0.25) is 9.69 Å². The molecule has 1 atom stereocenters. The van der Waals surface area contributed by atoms with E-state index in [0.717, 1.165) is 11.3 Å². The zero-order valence-electron chi connectivity index (χ0n) is 16.2. The molecule has 0 aromatic heterocycles. The minimum absolute atomic E-state index is 0.0124. The number of amides is 1. The summed E-state index contributed by atoms with van der Waals surface area (Å²) in [6.45, 7) is 0.404. The second kappa shape index (κ2) is 9.75. The second-order valence-electron chi connectivity index (χ2n) is 7.10. The molecule has 1 aliphatic heterocycles. The van der Waals surface area contributed by atoms with E-state index in [9.17, 15) is 13.2 Å². The van der Waals surface area contributed by atoms with Crippen LogP contribution in [-0.4, -0.2) is 50.4 Å². The first kappa shape index (κ1) is 23.2. The van der Waals surface area contributed by atoms with Crippen molar-refractivity contribution in [3.05, 3.63) is 57.0 Å². The second-order valence-corrected chi connectivity index (χ2v) is 10.6. The van der Waals surface area contributed by atoms with Crippen molar-refractivity contribution >= 4 is 56.2 Å². The smallest absolute Gasteiger partial charge is 0.238 e. The Morgan fingerprint density at radius 3 is 2.33 bits per heavy atom. The summed E-state index contributed by atoms with van der Waals surface area (Å²) in [6.07, 6.45) is 0.480. The highest BCUT2D eigenvalue weighted by molar-refractivity contribution is 7.91. The van der Waals surface area contributed by atoms with E-state index >= 15 is 0 Å². The summed E-state index contributed by atoms with van der Waals surface area (Å²) in [5.41, 5.74) is 1.21. The van der Waals surface area contributed by atoms with Gasteiger partial charge in [-0.15, -0.1) is 0 Å². The van der Waals surface area contributed by atoms with Crippen molar-refractivity contribution < 1.29 is 17.9 Å². The molecule has 10 heteroatoms. The number of halogens is 3. The average molecular weight is 492 g/mol. The van der Waals surface area contributed by atoms with Gasteiger partial charge in [-0.05, 0) is 36.2 Å². The molecule has 1 saturated heterocycles. The fraction of sp³-hybridized carbons (Fsp3) is 0.350. The first-order chi connectivity index (χ1) is 14.2. The fourth-order valence-electron chi connectivity index (χ4n) is 3.37. The predicted molar refractivity (Wildman–Crippen MR) is 121 cm³/mol. The molecule has 2 aromatic carbocycles. The summed E-state index contributed by atoms with van der Waals surface area (Å²) < 4.78 is 29.1. The Labute approximate surface area is 191 Å². The van der Waals surface area contributed by atoms with Crippen LogP contribution in [0.25, 0.3) is 0 Å². The van der Waals surface area contributed by atoms with Crippen LogP contribution in [0.3, 0.4) is 0 Å². The van der Waals surface area contributed by atoms with E-state index < -0.39 is 9.84 Å². The molecule has 1 amide bonds. The van der Waals surface area contributed by atoms with Gasteiger partial charge < -0.3 is 10.1 Å². The lowest BCUT2D eigenvalue weighted by Crippen LogP contribution is -2.41. The minimum Gasteiger partial charge on any atom is -0.497 e. The van der Waals surface area contributed by atoms with E-state index in [4.69, 9.17) is 39.5 Å². The number of rotatable bonds is 7. The van der Waals surface area contributed by atoms with E-state index in [1.165, 1.54) is 12.1 Å². The first-order valence-electron chi connectivity index (χ1n) is 9.18. The molecule has 0 spiro atoms. The molecule has 0 saturated carbocycles. The Morgan fingerprint density at radius 1 is 1.17 bits per heavy atom. The van der Waals surface area contributed by atoms with Gasteiger partial charge in [-0.2, -0.15) is 0 Å². The number of nitrogens with one attached hydrogen (secondary N) is 1. The van der Waals surface area contributed by atoms with Crippen molar-refractivity contribution in [1.29, 1.82) is 0 Å². The van der Waals surface area contributed by atoms with Gasteiger partial charge in [0.05, 0.1) is 40.9 Å². The van der Waals surface area contributed by atoms with Crippen molar-refractivity contribution in [3.8, 4) is 5.75 Å². The molecule has 1 N–H and O–H groups in total. The van der Waals surface area contributed by atoms with Crippen molar-refractivity contribution in [1.82, 2.24) is 4.90 Å². The zero-order chi connectivity index (χ0) is 21.9. The lowest BCUT2D eigenvalue weighted by molar-refractivity contribution is -0.117. The molecule has 0 aliphatic carbocycles. The predicted octanol–water partition coefficient (Wildman–Crippen LogP) is 4.28. The van der Waals surface area contributed by atoms with Gasteiger partial charge in [0.1, 0.15) is 5.75 Å². The highest BCUT2D eigenvalue weighted by atomic mass is 35.5. The number of ether oxygens (including phenoxy) is 1. The number of sulfone groups is 1. The molecule has 30 heavy (non-hydrogen) atoms. The van der Waals surface area contributed by atoms with E-state index in [2.05, 4.69) is 5.32 Å². The fourth-order valence-corrected chi connectivity index (χ4v) is 6.04. The number of benzene rings is 2. The number of methoxy groups -OCH3 is 1. The van der Waals surface area contributed by atoms with Crippen LogP contribution in [0, 0.1) is 0 Å². The van der Waals surface area contributed by atoms with E-state index in [-0.39, 0.29) is 45.7 Å². The molecule has 1 fully saturated rings. The summed E-state index contributed by atoms with van der Waals surface area (Å²) in [6, 6.07) is 10.2. The van der Waals surface area contributed by atoms with Crippen LogP contribution >= 0.6 is 34.8 Å². The maximum absolute atomic E-state index is 12.7. The Kier molecular flexibility index (Phi) is 7.52. The van der Waals surface area contributed by atoms with Crippen LogP contribution in [0.15, 0.2) is 36.4 Å². The van der Waals surface area contributed by atoms with E-state index in [1.54, 1.807) is 7.11 Å². The summed E-state index contributed by atoms with van der Waals surface area (Å²) in [4.78, 5) is 14.6. The van der Waals surface area contributed by atoms with Gasteiger partial charge in [0.25, 0.3) is 0 Å². The highest BCUT2D eigenvalue weighted by Gasteiger charge is 2.33. The number of carbonyl (C=O) groups is 1. The minimum atomic E-state index is -3.11. The zero-order valence-corrected chi connectivity index (χ0v) is 19.3. The van der Waals surface area contributed by atoms with Crippen LogP contribution < -0.4 is 10.1 Å². The Bertz CT molecular complexity index is 1010. The first-order valence-corrected chi connectivity index (χ1v) is 12.1. The van der Waals surface area contributed by atoms with Crippen LogP contribution in [-0.2, 0) is 21.2 Å². The molecule has 3 rings (SSSR count). The molecular weight excluding hydrogens is 471 g/mol. The summed E-state index contributed by atoms with van der Waals surface area (Å²) in [5, 5.41) is 3.53. The van der Waals surface area contributed by atoms with Gasteiger partial charge in [0.2, 0.25) is 5.91 Å². The standard InChI is InChI=1S/C20H21Cl3N2O4S/c1-29-16-4-2-13(3-5-16)10-25(15-6-7-30(27,28)12-15)11-19(26)24-20-17(22)8-14(21)9-18(20)23/h2-5,8-9,15H,6-7,10-12H2,1H3,(H,24,26). The van der Waals surface area contributed by atoms with Gasteiger partial charge in [0, 0.05) is 17.6 Å². The Hall–Kier alpha value is -1.51. The topological polar surface area (TPSA) is 75.7 Å². The van der Waals surface area contributed by atoms with Crippen LogP contribution in [0.4, 0.5) is 5.69 Å². The third-order valence-corrected chi connectivity index (χ3v) is 7.45. The van der Waals surface area contributed by atoms with Crippen molar-refractivity contribution in [3.63, 3.8) is 0 Å². The summed E-state index contributed by atoms with van der Waals surface area (Å²) in [7, 11) is -1.52. The number of anilines is 1. The molecule has 0 radical (unpaired) electrons.